The van der Waals surface area contributed by atoms with E-state index in [-0.39, 0.29) is 17.8 Å². The highest BCUT2D eigenvalue weighted by Gasteiger charge is 2.27. The van der Waals surface area contributed by atoms with Gasteiger partial charge in [0.25, 0.3) is 0 Å². The Hall–Kier alpha value is -2.47. The molecule has 6 heteroatoms. The first-order valence-corrected chi connectivity index (χ1v) is 8.03. The summed E-state index contributed by atoms with van der Waals surface area (Å²) in [4.78, 5) is 27.2. The van der Waals surface area contributed by atoms with Crippen LogP contribution in [0.3, 0.4) is 0 Å². The molecule has 0 aliphatic heterocycles. The van der Waals surface area contributed by atoms with Crippen molar-refractivity contribution >= 4 is 38.6 Å². The van der Waals surface area contributed by atoms with Gasteiger partial charge in [0.2, 0.25) is 0 Å². The van der Waals surface area contributed by atoms with Crippen LogP contribution < -0.4 is 0 Å². The molecule has 4 nitrogen and oxygen atoms in total. The molecule has 3 rings (SSSR count). The van der Waals surface area contributed by atoms with Crippen LogP contribution in [0.5, 0.6) is 0 Å². The number of Topliss-reactive ketones (excluding diaryl/α,β-unsaturated/α-hetero) is 1. The molecule has 1 heterocycles. The summed E-state index contributed by atoms with van der Waals surface area (Å²) < 4.78 is 13.5. The monoisotopic (exact) mass is 389 g/mol. The van der Waals surface area contributed by atoms with Gasteiger partial charge in [-0.15, -0.1) is 0 Å². The number of carboxylic acids is 1. The van der Waals surface area contributed by atoms with Crippen molar-refractivity contribution in [1.82, 2.24) is 4.98 Å². The average Bonchev–Trinajstić information content (AvgIpc) is 2.96. The van der Waals surface area contributed by atoms with Crippen molar-refractivity contribution in [3.05, 3.63) is 70.1 Å². The van der Waals surface area contributed by atoms with E-state index in [9.17, 15) is 19.1 Å². The Morgan fingerprint density at radius 3 is 2.67 bits per heavy atom. The third-order valence-corrected chi connectivity index (χ3v) is 4.57. The van der Waals surface area contributed by atoms with Gasteiger partial charge in [0.15, 0.2) is 5.78 Å². The molecule has 0 bridgehead atoms. The van der Waals surface area contributed by atoms with E-state index in [1.54, 1.807) is 6.20 Å². The lowest BCUT2D eigenvalue weighted by Gasteiger charge is -2.12. The maximum absolute atomic E-state index is 13.2. The highest BCUT2D eigenvalue weighted by Crippen LogP contribution is 2.30. The number of aromatic amines is 1. The number of fused-ring (bicyclic) bond motifs is 1. The zero-order valence-corrected chi connectivity index (χ0v) is 14.0. The van der Waals surface area contributed by atoms with Crippen molar-refractivity contribution in [3.8, 4) is 0 Å². The lowest BCUT2D eigenvalue weighted by Crippen LogP contribution is -2.16. The van der Waals surface area contributed by atoms with Crippen molar-refractivity contribution in [2.24, 2.45) is 0 Å². The third kappa shape index (κ3) is 3.10. The van der Waals surface area contributed by atoms with Crippen LogP contribution in [0.4, 0.5) is 4.39 Å². The van der Waals surface area contributed by atoms with Crippen LogP contribution in [0.2, 0.25) is 0 Å². The molecule has 0 saturated heterocycles. The molecule has 0 fully saturated rings. The van der Waals surface area contributed by atoms with Gasteiger partial charge in [-0.25, -0.2) is 4.39 Å². The lowest BCUT2D eigenvalue weighted by molar-refractivity contribution is -0.138. The number of para-hydroxylation sites is 1. The molecule has 0 radical (unpaired) electrons. The molecule has 24 heavy (non-hydrogen) atoms. The number of aliphatic carboxylic acids is 1. The molecule has 3 aromatic rings. The molecular formula is C18H13BrFNO3. The van der Waals surface area contributed by atoms with E-state index in [4.69, 9.17) is 0 Å². The van der Waals surface area contributed by atoms with E-state index >= 15 is 0 Å². The molecule has 1 atom stereocenters. The number of carboxylic acid groups (broad SMARTS) is 1. The predicted octanol–water partition coefficient (Wildman–Crippen LogP) is 4.51. The maximum Gasteiger partial charge on any atom is 0.311 e. The summed E-state index contributed by atoms with van der Waals surface area (Å²) in [5, 5.41) is 10.3. The molecule has 0 saturated carbocycles. The van der Waals surface area contributed by atoms with Crippen molar-refractivity contribution in [2.45, 2.75) is 12.3 Å². The topological polar surface area (TPSA) is 70.2 Å². The molecule has 1 aromatic heterocycles. The van der Waals surface area contributed by atoms with E-state index in [2.05, 4.69) is 20.9 Å². The van der Waals surface area contributed by atoms with Crippen LogP contribution in [0.1, 0.15) is 28.3 Å². The summed E-state index contributed by atoms with van der Waals surface area (Å²) in [6.45, 7) is 0. The molecule has 122 valence electrons. The van der Waals surface area contributed by atoms with Gasteiger partial charge >= 0.3 is 5.97 Å². The number of hydrogen-bond donors (Lipinski definition) is 2. The first-order valence-electron chi connectivity index (χ1n) is 7.24. The predicted molar refractivity (Wildman–Crippen MR) is 91.7 cm³/mol. The van der Waals surface area contributed by atoms with E-state index in [1.807, 2.05) is 24.3 Å². The summed E-state index contributed by atoms with van der Waals surface area (Å²) in [6.07, 6.45) is 1.41. The number of carbonyl (C=O) groups excluding carboxylic acids is 1. The molecule has 2 N–H and O–H groups in total. The maximum atomic E-state index is 13.2. The number of nitrogens with one attached hydrogen (secondary N) is 1. The first kappa shape index (κ1) is 16.4. The number of carbonyl (C=O) groups is 2. The lowest BCUT2D eigenvalue weighted by atomic mass is 9.91. The number of ketones is 1. The van der Waals surface area contributed by atoms with Gasteiger partial charge in [-0.1, -0.05) is 18.2 Å². The van der Waals surface area contributed by atoms with Gasteiger partial charge in [-0.2, -0.15) is 0 Å². The largest absolute Gasteiger partial charge is 0.481 e. The molecule has 0 aliphatic rings. The van der Waals surface area contributed by atoms with Crippen LogP contribution in [0.25, 0.3) is 10.9 Å². The van der Waals surface area contributed by atoms with Gasteiger partial charge < -0.3 is 10.1 Å². The van der Waals surface area contributed by atoms with E-state index in [1.165, 1.54) is 18.2 Å². The van der Waals surface area contributed by atoms with Gasteiger partial charge in [0.1, 0.15) is 5.82 Å². The first-order chi connectivity index (χ1) is 11.5. The second-order valence-corrected chi connectivity index (χ2v) is 6.29. The van der Waals surface area contributed by atoms with Gasteiger partial charge in [-0.3, -0.25) is 9.59 Å². The average molecular weight is 390 g/mol. The summed E-state index contributed by atoms with van der Waals surface area (Å²) >= 11 is 3.15. The summed E-state index contributed by atoms with van der Waals surface area (Å²) in [7, 11) is 0. The molecule has 0 amide bonds. The molecule has 2 aromatic carbocycles. The van der Waals surface area contributed by atoms with Gasteiger partial charge in [-0.05, 0) is 45.8 Å². The minimum atomic E-state index is -1.08. The van der Waals surface area contributed by atoms with E-state index < -0.39 is 17.7 Å². The molecule has 0 aliphatic carbocycles. The van der Waals surface area contributed by atoms with Gasteiger partial charge in [0.05, 0.1) is 5.92 Å². The molecular weight excluding hydrogens is 377 g/mol. The van der Waals surface area contributed by atoms with Crippen LogP contribution in [0.15, 0.2) is 53.1 Å². The quantitative estimate of drug-likeness (QED) is 0.630. The summed E-state index contributed by atoms with van der Waals surface area (Å²) in [5.74, 6) is -2.89. The van der Waals surface area contributed by atoms with Crippen LogP contribution in [0, 0.1) is 5.82 Å². The number of aromatic nitrogens is 1. The number of H-pyrrole nitrogens is 1. The van der Waals surface area contributed by atoms with Crippen LogP contribution in [-0.2, 0) is 4.79 Å². The zero-order chi connectivity index (χ0) is 17.3. The Balaban J connectivity index is 1.95. The minimum Gasteiger partial charge on any atom is -0.481 e. The number of rotatable bonds is 5. The van der Waals surface area contributed by atoms with Crippen molar-refractivity contribution in [2.75, 3.05) is 0 Å². The summed E-state index contributed by atoms with van der Waals surface area (Å²) in [6, 6.07) is 11.0. The number of hydrogen-bond acceptors (Lipinski definition) is 2. The van der Waals surface area contributed by atoms with Crippen molar-refractivity contribution in [3.63, 3.8) is 0 Å². The van der Waals surface area contributed by atoms with Gasteiger partial charge in [0, 0.05) is 33.6 Å². The normalized spacial score (nSPS) is 12.2. The Morgan fingerprint density at radius 1 is 1.21 bits per heavy atom. The minimum absolute atomic E-state index is 0.207. The number of halogens is 2. The highest BCUT2D eigenvalue weighted by molar-refractivity contribution is 9.10. The fourth-order valence-corrected chi connectivity index (χ4v) is 3.30. The Morgan fingerprint density at radius 2 is 1.96 bits per heavy atom. The van der Waals surface area contributed by atoms with E-state index in [0.29, 0.717) is 10.0 Å². The third-order valence-electron chi connectivity index (χ3n) is 3.92. The smallest absolute Gasteiger partial charge is 0.311 e. The van der Waals surface area contributed by atoms with Crippen molar-refractivity contribution < 1.29 is 19.1 Å². The fraction of sp³-hybridized carbons (Fsp3) is 0.111. The zero-order valence-electron chi connectivity index (χ0n) is 12.4. The number of benzene rings is 2. The molecule has 1 unspecified atom stereocenters. The van der Waals surface area contributed by atoms with Crippen LogP contribution >= 0.6 is 15.9 Å². The second-order valence-electron chi connectivity index (χ2n) is 5.43. The molecule has 0 spiro atoms. The Bertz CT molecular complexity index is 935. The second kappa shape index (κ2) is 6.57. The summed E-state index contributed by atoms with van der Waals surface area (Å²) in [5.41, 5.74) is 1.64. The Labute approximate surface area is 145 Å². The Kier molecular flexibility index (Phi) is 4.49. The standard InChI is InChI=1S/C18H13BrFNO3/c19-15-7-10(20)5-6-12(15)17(22)8-13(18(23)24)14-9-21-16-4-2-1-3-11(14)16/h1-7,9,13,21H,8H2,(H,23,24). The van der Waals surface area contributed by atoms with Crippen molar-refractivity contribution in [1.29, 1.82) is 0 Å². The van der Waals surface area contributed by atoms with E-state index in [0.717, 1.165) is 10.9 Å². The fourth-order valence-electron chi connectivity index (χ4n) is 2.72. The highest BCUT2D eigenvalue weighted by atomic mass is 79.9. The van der Waals surface area contributed by atoms with Crippen LogP contribution in [-0.4, -0.2) is 21.8 Å². The SMILES string of the molecule is O=C(CC(C(=O)O)c1c[nH]c2ccccc12)c1ccc(F)cc1Br.